The van der Waals surface area contributed by atoms with Crippen molar-refractivity contribution in [2.75, 3.05) is 18.9 Å². The van der Waals surface area contributed by atoms with Crippen LogP contribution in [0.5, 0.6) is 0 Å². The van der Waals surface area contributed by atoms with Gasteiger partial charge in [-0.25, -0.2) is 19.3 Å². The van der Waals surface area contributed by atoms with Gasteiger partial charge in [-0.2, -0.15) is 13.2 Å². The second-order valence-corrected chi connectivity index (χ2v) is 6.75. The van der Waals surface area contributed by atoms with Crippen LogP contribution >= 0.6 is 11.6 Å². The van der Waals surface area contributed by atoms with Gasteiger partial charge in [-0.3, -0.25) is 4.79 Å². The first-order valence-electron chi connectivity index (χ1n) is 8.29. The van der Waals surface area contributed by atoms with Crippen LogP contribution in [0.25, 0.3) is 22.4 Å². The Morgan fingerprint density at radius 3 is 2.76 bits per heavy atom. The molecule has 0 fully saturated rings. The van der Waals surface area contributed by atoms with Crippen LogP contribution in [0, 0.1) is 5.82 Å². The third-order valence-electron chi connectivity index (χ3n) is 4.00. The average molecular weight is 431 g/mol. The van der Waals surface area contributed by atoms with Gasteiger partial charge in [0, 0.05) is 30.4 Å². The maximum atomic E-state index is 14.2. The lowest BCUT2D eigenvalue weighted by molar-refractivity contribution is -0.158. The summed E-state index contributed by atoms with van der Waals surface area (Å²) in [6, 6.07) is 0.479. The summed E-state index contributed by atoms with van der Waals surface area (Å²) in [7, 11) is 1.01. The first-order valence-corrected chi connectivity index (χ1v) is 8.67. The van der Waals surface area contributed by atoms with Gasteiger partial charge in [0.25, 0.3) is 0 Å². The topological polar surface area (TPSA) is 86.8 Å². The molecular weight excluding hydrogens is 416 g/mol. The second-order valence-electron chi connectivity index (χ2n) is 6.32. The highest BCUT2D eigenvalue weighted by Crippen LogP contribution is 2.28. The monoisotopic (exact) mass is 430 g/mol. The van der Waals surface area contributed by atoms with Crippen LogP contribution in [-0.4, -0.2) is 56.6 Å². The van der Waals surface area contributed by atoms with E-state index in [1.807, 2.05) is 0 Å². The van der Waals surface area contributed by atoms with Gasteiger partial charge in [-0.15, -0.1) is 0 Å². The predicted octanol–water partition coefficient (Wildman–Crippen LogP) is 3.63. The van der Waals surface area contributed by atoms with Crippen molar-refractivity contribution in [3.8, 4) is 11.4 Å². The zero-order valence-electron chi connectivity index (χ0n) is 15.2. The highest BCUT2D eigenvalue weighted by Gasteiger charge is 2.32. The number of H-pyrrole nitrogens is 1. The number of hydrogen-bond acceptors (Lipinski definition) is 5. The fourth-order valence-corrected chi connectivity index (χ4v) is 2.86. The van der Waals surface area contributed by atoms with Gasteiger partial charge in [0.2, 0.25) is 5.91 Å². The lowest BCUT2D eigenvalue weighted by Crippen LogP contribution is -2.43. The maximum Gasteiger partial charge on any atom is 0.406 e. The van der Waals surface area contributed by atoms with Crippen molar-refractivity contribution in [1.82, 2.24) is 24.8 Å². The number of amides is 1. The Kier molecular flexibility index (Phi) is 5.60. The molecule has 154 valence electrons. The maximum absolute atomic E-state index is 14.2. The normalized spacial score (nSPS) is 12.8. The van der Waals surface area contributed by atoms with Gasteiger partial charge in [0.15, 0.2) is 17.5 Å². The molecule has 0 spiro atoms. The van der Waals surface area contributed by atoms with Crippen molar-refractivity contribution in [1.29, 1.82) is 0 Å². The van der Waals surface area contributed by atoms with Crippen LogP contribution in [0.4, 0.5) is 23.4 Å². The Hall–Kier alpha value is -2.95. The van der Waals surface area contributed by atoms with E-state index in [1.54, 1.807) is 12.3 Å². The Morgan fingerprint density at radius 1 is 1.34 bits per heavy atom. The summed E-state index contributed by atoms with van der Waals surface area (Å²) >= 11 is 5.96. The molecule has 0 aliphatic carbocycles. The smallest absolute Gasteiger partial charge is 0.356 e. The zero-order chi connectivity index (χ0) is 21.3. The number of likely N-dealkylation sites (N-methyl/N-ethyl adjacent to an activating group) is 1. The van der Waals surface area contributed by atoms with Crippen molar-refractivity contribution in [3.63, 3.8) is 0 Å². The highest BCUT2D eigenvalue weighted by molar-refractivity contribution is 6.31. The van der Waals surface area contributed by atoms with E-state index in [9.17, 15) is 22.4 Å². The van der Waals surface area contributed by atoms with Crippen molar-refractivity contribution in [3.05, 3.63) is 35.5 Å². The van der Waals surface area contributed by atoms with Gasteiger partial charge in [0.1, 0.15) is 18.2 Å². The molecule has 3 rings (SSSR count). The SMILES string of the molecule is C[C@@H](Nc1nc(-c2c[nH]c3ncc(Cl)cc23)ncc1F)C(=O)N(C)CC(F)(F)F. The molecule has 1 amide bonds. The van der Waals surface area contributed by atoms with E-state index in [0.717, 1.165) is 13.2 Å². The minimum absolute atomic E-state index is 0.118. The number of pyridine rings is 1. The Balaban J connectivity index is 1.85. The molecular formula is C17H15ClF4N6O. The number of alkyl halides is 3. The van der Waals surface area contributed by atoms with Crippen molar-refractivity contribution in [2.24, 2.45) is 0 Å². The number of carbonyl (C=O) groups excluding carboxylic acids is 1. The Labute approximate surface area is 167 Å². The molecule has 3 aromatic rings. The molecule has 12 heteroatoms. The highest BCUT2D eigenvalue weighted by atomic mass is 35.5. The molecule has 0 unspecified atom stereocenters. The van der Waals surface area contributed by atoms with E-state index in [4.69, 9.17) is 11.6 Å². The Bertz CT molecular complexity index is 1050. The van der Waals surface area contributed by atoms with Crippen molar-refractivity contribution < 1.29 is 22.4 Å². The Morgan fingerprint density at radius 2 is 2.07 bits per heavy atom. The lowest BCUT2D eigenvalue weighted by Gasteiger charge is -2.23. The van der Waals surface area contributed by atoms with E-state index in [2.05, 4.69) is 25.3 Å². The van der Waals surface area contributed by atoms with Crippen LogP contribution in [0.15, 0.2) is 24.7 Å². The number of nitrogens with one attached hydrogen (secondary N) is 2. The number of halogens is 5. The minimum Gasteiger partial charge on any atom is -0.356 e. The third kappa shape index (κ3) is 4.73. The number of aromatic nitrogens is 4. The average Bonchev–Trinajstić information content (AvgIpc) is 3.04. The first kappa shape index (κ1) is 20.8. The van der Waals surface area contributed by atoms with E-state index >= 15 is 0 Å². The molecule has 0 saturated heterocycles. The molecule has 3 heterocycles. The summed E-state index contributed by atoms with van der Waals surface area (Å²) in [6.07, 6.45) is -0.621. The molecule has 1 atom stereocenters. The molecule has 2 N–H and O–H groups in total. The second kappa shape index (κ2) is 7.82. The number of rotatable bonds is 5. The van der Waals surface area contributed by atoms with Crippen LogP contribution < -0.4 is 5.32 Å². The molecule has 7 nitrogen and oxygen atoms in total. The van der Waals surface area contributed by atoms with E-state index in [1.165, 1.54) is 13.1 Å². The lowest BCUT2D eigenvalue weighted by atomic mass is 10.2. The van der Waals surface area contributed by atoms with Gasteiger partial charge in [-0.1, -0.05) is 11.6 Å². The number of aromatic amines is 1. The third-order valence-corrected chi connectivity index (χ3v) is 4.21. The summed E-state index contributed by atoms with van der Waals surface area (Å²) in [5.41, 5.74) is 1.01. The summed E-state index contributed by atoms with van der Waals surface area (Å²) in [5, 5.41) is 3.48. The largest absolute Gasteiger partial charge is 0.406 e. The molecule has 0 aliphatic rings. The number of hydrogen-bond donors (Lipinski definition) is 2. The quantitative estimate of drug-likeness (QED) is 0.604. The molecule has 0 aromatic carbocycles. The fourth-order valence-electron chi connectivity index (χ4n) is 2.71. The molecule has 3 aromatic heterocycles. The van der Waals surface area contributed by atoms with Crippen LogP contribution in [-0.2, 0) is 4.79 Å². The van der Waals surface area contributed by atoms with Crippen molar-refractivity contribution in [2.45, 2.75) is 19.1 Å². The van der Waals surface area contributed by atoms with Crippen LogP contribution in [0.2, 0.25) is 5.02 Å². The number of anilines is 1. The minimum atomic E-state index is -4.54. The van der Waals surface area contributed by atoms with Gasteiger partial charge < -0.3 is 15.2 Å². The summed E-state index contributed by atoms with van der Waals surface area (Å²) in [6.45, 7) is -0.107. The van der Waals surface area contributed by atoms with E-state index in [0.29, 0.717) is 26.5 Å². The first-order chi connectivity index (χ1) is 13.5. The fraction of sp³-hybridized carbons (Fsp3) is 0.294. The predicted molar refractivity (Wildman–Crippen MR) is 98.9 cm³/mol. The standard InChI is InChI=1S/C17H15ClF4N6O/c1-8(16(29)28(2)7-17(20,21)22)26-15-12(19)6-25-14(27-15)11-5-24-13-10(11)3-9(18)4-23-13/h3-6,8H,7H2,1-2H3,(H,23,24)(H,25,26,27)/t8-/m1/s1. The number of fused-ring (bicyclic) bond motifs is 1. The summed E-state index contributed by atoms with van der Waals surface area (Å²) in [4.78, 5) is 27.7. The molecule has 0 saturated carbocycles. The van der Waals surface area contributed by atoms with Crippen LogP contribution in [0.3, 0.4) is 0 Å². The summed E-state index contributed by atoms with van der Waals surface area (Å²) < 4.78 is 51.6. The molecule has 29 heavy (non-hydrogen) atoms. The molecule has 0 aliphatic heterocycles. The van der Waals surface area contributed by atoms with Crippen molar-refractivity contribution >= 4 is 34.4 Å². The number of carbonyl (C=O) groups is 1. The zero-order valence-corrected chi connectivity index (χ0v) is 15.9. The van der Waals surface area contributed by atoms with E-state index < -0.39 is 30.5 Å². The van der Waals surface area contributed by atoms with E-state index in [-0.39, 0.29) is 11.6 Å². The van der Waals surface area contributed by atoms with Crippen LogP contribution in [0.1, 0.15) is 6.92 Å². The molecule has 0 radical (unpaired) electrons. The van der Waals surface area contributed by atoms with Gasteiger partial charge >= 0.3 is 6.18 Å². The number of nitrogens with zero attached hydrogens (tertiary/aromatic N) is 4. The van der Waals surface area contributed by atoms with Gasteiger partial charge in [-0.05, 0) is 13.0 Å². The summed E-state index contributed by atoms with van der Waals surface area (Å²) in [5.74, 6) is -1.93. The molecule has 0 bridgehead atoms. The van der Waals surface area contributed by atoms with Gasteiger partial charge in [0.05, 0.1) is 11.2 Å².